The Kier molecular flexibility index (Phi) is 3.16. The maximum Gasteiger partial charge on any atom is 0.251 e. The maximum atomic E-state index is 13.5. The molecule has 0 fully saturated rings. The second kappa shape index (κ2) is 4.76. The number of aliphatic hydroxyl groups is 1. The number of rotatable bonds is 4. The summed E-state index contributed by atoms with van der Waals surface area (Å²) < 4.78 is 23.7. The molecule has 1 N–H and O–H groups in total. The van der Waals surface area contributed by atoms with Gasteiger partial charge in [-0.2, -0.15) is 0 Å². The molecule has 0 aliphatic carbocycles. The van der Waals surface area contributed by atoms with E-state index in [9.17, 15) is 4.39 Å². The molecule has 4 nitrogen and oxygen atoms in total. The number of halogens is 1. The lowest BCUT2D eigenvalue weighted by Gasteiger charge is -2.06. The molecule has 5 heteroatoms. The van der Waals surface area contributed by atoms with Crippen LogP contribution in [0.2, 0.25) is 0 Å². The Hall–Kier alpha value is -1.88. The van der Waals surface area contributed by atoms with Crippen molar-refractivity contribution < 1.29 is 18.7 Å². The zero-order valence-corrected chi connectivity index (χ0v) is 8.39. The fourth-order valence-electron chi connectivity index (χ4n) is 1.22. The van der Waals surface area contributed by atoms with Crippen molar-refractivity contribution in [3.8, 4) is 5.88 Å². The average Bonchev–Trinajstić information content (AvgIpc) is 2.81. The van der Waals surface area contributed by atoms with E-state index in [2.05, 4.69) is 4.98 Å². The second-order valence-corrected chi connectivity index (χ2v) is 3.12. The fraction of sp³-hybridized carbons (Fsp3) is 0.182. The Morgan fingerprint density at radius 1 is 1.44 bits per heavy atom. The van der Waals surface area contributed by atoms with E-state index < -0.39 is 5.82 Å². The summed E-state index contributed by atoms with van der Waals surface area (Å²) in [6, 6.07) is 4.83. The Balaban J connectivity index is 2.09. The van der Waals surface area contributed by atoms with Crippen molar-refractivity contribution >= 4 is 0 Å². The van der Waals surface area contributed by atoms with Gasteiger partial charge in [-0.25, -0.2) is 9.37 Å². The third-order valence-corrected chi connectivity index (χ3v) is 2.04. The molecule has 0 radical (unpaired) electrons. The molecular formula is C11H10FNO3. The van der Waals surface area contributed by atoms with E-state index in [1.54, 1.807) is 12.1 Å². The smallest absolute Gasteiger partial charge is 0.251 e. The van der Waals surface area contributed by atoms with Crippen molar-refractivity contribution in [2.24, 2.45) is 0 Å². The van der Waals surface area contributed by atoms with E-state index in [4.69, 9.17) is 14.3 Å². The first kappa shape index (κ1) is 10.6. The second-order valence-electron chi connectivity index (χ2n) is 3.12. The number of hydrogen-bond acceptors (Lipinski definition) is 4. The van der Waals surface area contributed by atoms with Crippen molar-refractivity contribution in [1.29, 1.82) is 0 Å². The topological polar surface area (TPSA) is 55.5 Å². The fourth-order valence-corrected chi connectivity index (χ4v) is 1.22. The van der Waals surface area contributed by atoms with Crippen LogP contribution in [0.15, 0.2) is 35.1 Å². The van der Waals surface area contributed by atoms with Gasteiger partial charge in [0, 0.05) is 11.8 Å². The van der Waals surface area contributed by atoms with Gasteiger partial charge in [0.15, 0.2) is 5.82 Å². The molecule has 0 spiro atoms. The minimum atomic E-state index is -0.642. The number of aliphatic hydroxyl groups excluding tert-OH is 1. The largest absolute Gasteiger partial charge is 0.467 e. The summed E-state index contributed by atoms with van der Waals surface area (Å²) in [7, 11) is 0. The van der Waals surface area contributed by atoms with Gasteiger partial charge in [-0.1, -0.05) is 0 Å². The van der Waals surface area contributed by atoms with Crippen LogP contribution in [0.25, 0.3) is 0 Å². The van der Waals surface area contributed by atoms with Crippen molar-refractivity contribution in [2.75, 3.05) is 0 Å². The third-order valence-electron chi connectivity index (χ3n) is 2.04. The molecule has 0 saturated heterocycles. The van der Waals surface area contributed by atoms with Crippen LogP contribution in [0.3, 0.4) is 0 Å². The molecule has 0 aliphatic heterocycles. The van der Waals surface area contributed by atoms with Crippen LogP contribution < -0.4 is 4.74 Å². The number of nitrogens with zero attached hydrogens (tertiary/aromatic N) is 1. The van der Waals surface area contributed by atoms with Gasteiger partial charge in [0.25, 0.3) is 5.88 Å². The molecule has 0 saturated carbocycles. The molecule has 0 aliphatic rings. The first-order valence-corrected chi connectivity index (χ1v) is 4.70. The number of pyridine rings is 1. The maximum absolute atomic E-state index is 13.5. The number of aromatic nitrogens is 1. The van der Waals surface area contributed by atoms with Crippen molar-refractivity contribution in [3.63, 3.8) is 0 Å². The highest BCUT2D eigenvalue weighted by Crippen LogP contribution is 2.18. The van der Waals surface area contributed by atoms with Crippen LogP contribution in [0.1, 0.15) is 11.3 Å². The molecule has 2 rings (SSSR count). The zero-order valence-electron chi connectivity index (χ0n) is 8.39. The van der Waals surface area contributed by atoms with Crippen LogP contribution in [-0.4, -0.2) is 10.1 Å². The number of ether oxygens (including phenoxy) is 1. The van der Waals surface area contributed by atoms with Crippen LogP contribution in [0, 0.1) is 5.82 Å². The quantitative estimate of drug-likeness (QED) is 0.859. The van der Waals surface area contributed by atoms with Crippen LogP contribution in [0.5, 0.6) is 5.88 Å². The van der Waals surface area contributed by atoms with E-state index in [0.717, 1.165) is 0 Å². The highest BCUT2D eigenvalue weighted by molar-refractivity contribution is 5.23. The molecule has 2 aromatic heterocycles. The number of furan rings is 1. The predicted octanol–water partition coefficient (Wildman–Crippen LogP) is 1.89. The van der Waals surface area contributed by atoms with E-state index >= 15 is 0 Å². The first-order chi connectivity index (χ1) is 7.81. The van der Waals surface area contributed by atoms with Gasteiger partial charge in [0.1, 0.15) is 12.4 Å². The molecule has 2 aromatic rings. The summed E-state index contributed by atoms with van der Waals surface area (Å²) >= 11 is 0. The van der Waals surface area contributed by atoms with Gasteiger partial charge >= 0.3 is 0 Å². The lowest BCUT2D eigenvalue weighted by atomic mass is 10.3. The highest BCUT2D eigenvalue weighted by atomic mass is 19.1. The Labute approximate surface area is 91.3 Å². The number of hydrogen-bond donors (Lipinski definition) is 1. The van der Waals surface area contributed by atoms with E-state index in [0.29, 0.717) is 5.76 Å². The molecule has 0 aromatic carbocycles. The van der Waals surface area contributed by atoms with E-state index in [-0.39, 0.29) is 24.7 Å². The highest BCUT2D eigenvalue weighted by Gasteiger charge is 2.10. The van der Waals surface area contributed by atoms with Crippen molar-refractivity contribution in [2.45, 2.75) is 13.2 Å². The average molecular weight is 223 g/mol. The van der Waals surface area contributed by atoms with Crippen molar-refractivity contribution in [1.82, 2.24) is 4.98 Å². The summed E-state index contributed by atoms with van der Waals surface area (Å²) in [5.41, 5.74) is 0.157. The third kappa shape index (κ3) is 2.20. The lowest BCUT2D eigenvalue weighted by Crippen LogP contribution is -2.01. The van der Waals surface area contributed by atoms with E-state index in [1.165, 1.54) is 18.5 Å². The van der Waals surface area contributed by atoms with E-state index in [1.807, 2.05) is 0 Å². The predicted molar refractivity (Wildman–Crippen MR) is 53.2 cm³/mol. The monoisotopic (exact) mass is 223 g/mol. The van der Waals surface area contributed by atoms with Gasteiger partial charge in [0.05, 0.1) is 12.9 Å². The normalized spacial score (nSPS) is 10.4. The minimum Gasteiger partial charge on any atom is -0.467 e. The SMILES string of the molecule is OCc1ccnc(OCc2ccco2)c1F. The van der Waals surface area contributed by atoms with Crippen LogP contribution >= 0.6 is 0 Å². The molecule has 0 unspecified atom stereocenters. The lowest BCUT2D eigenvalue weighted by molar-refractivity contribution is 0.239. The Morgan fingerprint density at radius 3 is 3.00 bits per heavy atom. The first-order valence-electron chi connectivity index (χ1n) is 4.70. The summed E-state index contributed by atoms with van der Waals surface area (Å²) in [6.07, 6.45) is 2.89. The van der Waals surface area contributed by atoms with Gasteiger partial charge in [0.2, 0.25) is 0 Å². The summed E-state index contributed by atoms with van der Waals surface area (Å²) in [5.74, 6) is -0.199. The molecule has 0 amide bonds. The minimum absolute atomic E-state index is 0.103. The van der Waals surface area contributed by atoms with Gasteiger partial charge < -0.3 is 14.3 Å². The van der Waals surface area contributed by atoms with Crippen LogP contribution in [0.4, 0.5) is 4.39 Å². The van der Waals surface area contributed by atoms with Crippen molar-refractivity contribution in [3.05, 3.63) is 47.8 Å². The summed E-state index contributed by atoms with van der Waals surface area (Å²) in [6.45, 7) is -0.280. The summed E-state index contributed by atoms with van der Waals surface area (Å²) in [5, 5.41) is 8.85. The standard InChI is InChI=1S/C11H10FNO3/c12-10-8(6-14)3-4-13-11(10)16-7-9-2-1-5-15-9/h1-5,14H,6-7H2. The molecule has 2 heterocycles. The Bertz CT molecular complexity index is 456. The van der Waals surface area contributed by atoms with Gasteiger partial charge in [-0.3, -0.25) is 0 Å². The summed E-state index contributed by atoms with van der Waals surface area (Å²) in [4.78, 5) is 3.74. The van der Waals surface area contributed by atoms with Gasteiger partial charge in [-0.15, -0.1) is 0 Å². The molecule has 84 valence electrons. The molecule has 0 atom stereocenters. The van der Waals surface area contributed by atoms with Gasteiger partial charge in [-0.05, 0) is 18.2 Å². The molecule has 0 bridgehead atoms. The zero-order chi connectivity index (χ0) is 11.4. The van der Waals surface area contributed by atoms with Crippen LogP contribution in [-0.2, 0) is 13.2 Å². The molecular weight excluding hydrogens is 213 g/mol. The molecule has 16 heavy (non-hydrogen) atoms. The Morgan fingerprint density at radius 2 is 2.31 bits per heavy atom.